The van der Waals surface area contributed by atoms with E-state index >= 15 is 0 Å². The minimum absolute atomic E-state index is 0.0281. The minimum atomic E-state index is -0.909. The molecule has 2 atom stereocenters. The van der Waals surface area contributed by atoms with Gasteiger partial charge in [0.2, 0.25) is 5.91 Å². The second-order valence-corrected chi connectivity index (χ2v) is 8.15. The summed E-state index contributed by atoms with van der Waals surface area (Å²) >= 11 is 0. The Hall–Kier alpha value is -3.35. The Kier molecular flexibility index (Phi) is 7.87. The van der Waals surface area contributed by atoms with Gasteiger partial charge in [-0.05, 0) is 42.0 Å². The van der Waals surface area contributed by atoms with E-state index in [1.54, 1.807) is 6.92 Å². The summed E-state index contributed by atoms with van der Waals surface area (Å²) in [5.74, 6) is -1.30. The van der Waals surface area contributed by atoms with Gasteiger partial charge in [0.15, 0.2) is 0 Å². The van der Waals surface area contributed by atoms with Crippen molar-refractivity contribution in [2.75, 3.05) is 6.61 Å². The zero-order valence-electron chi connectivity index (χ0n) is 18.5. The van der Waals surface area contributed by atoms with E-state index in [0.717, 1.165) is 22.3 Å². The molecule has 1 aliphatic rings. The molecule has 0 fully saturated rings. The highest BCUT2D eigenvalue weighted by Gasteiger charge is 2.29. The van der Waals surface area contributed by atoms with Gasteiger partial charge in [0.1, 0.15) is 12.6 Å². The first-order chi connectivity index (χ1) is 15.4. The molecule has 0 heterocycles. The zero-order chi connectivity index (χ0) is 23.1. The SMILES string of the molecule is CCCC(NC(=O)OCC1c2ccccc2-c2ccccc21)C(=O)NC(C)CCC(=O)O. The van der Waals surface area contributed by atoms with Crippen molar-refractivity contribution in [3.8, 4) is 11.1 Å². The Morgan fingerprint density at radius 1 is 0.969 bits per heavy atom. The maximum absolute atomic E-state index is 12.6. The van der Waals surface area contributed by atoms with E-state index in [1.807, 2.05) is 43.3 Å². The average Bonchev–Trinajstić information content (AvgIpc) is 3.10. The highest BCUT2D eigenvalue weighted by Crippen LogP contribution is 2.44. The third kappa shape index (κ3) is 5.66. The Balaban J connectivity index is 1.59. The third-order valence-corrected chi connectivity index (χ3v) is 5.71. The number of hydrogen-bond acceptors (Lipinski definition) is 4. The lowest BCUT2D eigenvalue weighted by atomic mass is 9.98. The summed E-state index contributed by atoms with van der Waals surface area (Å²) in [4.78, 5) is 35.8. The molecule has 2 aromatic rings. The van der Waals surface area contributed by atoms with Crippen molar-refractivity contribution >= 4 is 18.0 Å². The smallest absolute Gasteiger partial charge is 0.407 e. The molecular formula is C25H30N2O5. The van der Waals surface area contributed by atoms with Crippen molar-refractivity contribution in [3.63, 3.8) is 0 Å². The van der Waals surface area contributed by atoms with E-state index in [1.165, 1.54) is 0 Å². The van der Waals surface area contributed by atoms with E-state index in [0.29, 0.717) is 19.3 Å². The standard InChI is InChI=1S/C25H30N2O5/c1-3-8-22(24(30)26-16(2)13-14-23(28)29)27-25(31)32-15-21-19-11-6-4-9-17(19)18-10-5-7-12-20(18)21/h4-7,9-12,16,21-22H,3,8,13-15H2,1-2H3,(H,26,30)(H,27,31)(H,28,29). The summed E-state index contributed by atoms with van der Waals surface area (Å²) in [5, 5.41) is 14.2. The second-order valence-electron chi connectivity index (χ2n) is 8.15. The number of carboxylic acid groups (broad SMARTS) is 1. The Labute approximate surface area is 188 Å². The molecule has 0 saturated heterocycles. The van der Waals surface area contributed by atoms with Crippen LogP contribution in [0.2, 0.25) is 0 Å². The third-order valence-electron chi connectivity index (χ3n) is 5.71. The van der Waals surface area contributed by atoms with Crippen LogP contribution in [0.5, 0.6) is 0 Å². The monoisotopic (exact) mass is 438 g/mol. The summed E-state index contributed by atoms with van der Waals surface area (Å²) in [5.41, 5.74) is 4.54. The van der Waals surface area contributed by atoms with Crippen molar-refractivity contribution in [2.45, 2.75) is 57.5 Å². The molecular weight excluding hydrogens is 408 g/mol. The topological polar surface area (TPSA) is 105 Å². The minimum Gasteiger partial charge on any atom is -0.481 e. The normalized spacial score (nSPS) is 14.1. The van der Waals surface area contributed by atoms with E-state index in [9.17, 15) is 14.4 Å². The molecule has 0 bridgehead atoms. The van der Waals surface area contributed by atoms with Crippen molar-refractivity contribution in [3.05, 3.63) is 59.7 Å². The molecule has 0 aromatic heterocycles. The molecule has 3 N–H and O–H groups in total. The molecule has 2 aromatic carbocycles. The van der Waals surface area contributed by atoms with Crippen LogP contribution < -0.4 is 10.6 Å². The van der Waals surface area contributed by atoms with Crippen LogP contribution in [0, 0.1) is 0 Å². The summed E-state index contributed by atoms with van der Waals surface area (Å²) in [7, 11) is 0. The molecule has 32 heavy (non-hydrogen) atoms. The highest BCUT2D eigenvalue weighted by molar-refractivity contribution is 5.86. The maximum Gasteiger partial charge on any atom is 0.407 e. The second kappa shape index (κ2) is 10.8. The zero-order valence-corrected chi connectivity index (χ0v) is 18.5. The maximum atomic E-state index is 12.6. The Morgan fingerprint density at radius 2 is 1.56 bits per heavy atom. The molecule has 0 spiro atoms. The largest absolute Gasteiger partial charge is 0.481 e. The van der Waals surface area contributed by atoms with Gasteiger partial charge in [-0.15, -0.1) is 0 Å². The number of aliphatic carboxylic acids is 1. The number of nitrogens with one attached hydrogen (secondary N) is 2. The van der Waals surface area contributed by atoms with E-state index < -0.39 is 18.1 Å². The van der Waals surface area contributed by atoms with E-state index in [4.69, 9.17) is 9.84 Å². The van der Waals surface area contributed by atoms with Gasteiger partial charge in [-0.3, -0.25) is 9.59 Å². The van der Waals surface area contributed by atoms with Gasteiger partial charge < -0.3 is 20.5 Å². The number of fused-ring (bicyclic) bond motifs is 3. The first-order valence-electron chi connectivity index (χ1n) is 11.0. The first kappa shape index (κ1) is 23.3. The lowest BCUT2D eigenvalue weighted by Crippen LogP contribution is -2.49. The molecule has 0 saturated carbocycles. The van der Waals surface area contributed by atoms with Crippen molar-refractivity contribution < 1.29 is 24.2 Å². The van der Waals surface area contributed by atoms with Gasteiger partial charge in [0.05, 0.1) is 0 Å². The highest BCUT2D eigenvalue weighted by atomic mass is 16.5. The first-order valence-corrected chi connectivity index (χ1v) is 11.0. The van der Waals surface area contributed by atoms with Gasteiger partial charge >= 0.3 is 12.1 Å². The number of benzene rings is 2. The lowest BCUT2D eigenvalue weighted by Gasteiger charge is -2.21. The summed E-state index contributed by atoms with van der Waals surface area (Å²) < 4.78 is 5.54. The molecule has 7 heteroatoms. The van der Waals surface area contributed by atoms with Gasteiger partial charge in [0.25, 0.3) is 0 Å². The van der Waals surface area contributed by atoms with Crippen molar-refractivity contribution in [1.82, 2.24) is 10.6 Å². The number of amides is 2. The van der Waals surface area contributed by atoms with Crippen LogP contribution in [-0.4, -0.2) is 41.8 Å². The Bertz CT molecular complexity index is 929. The molecule has 3 rings (SSSR count). The van der Waals surface area contributed by atoms with Crippen LogP contribution in [0.3, 0.4) is 0 Å². The quantitative estimate of drug-likeness (QED) is 0.519. The molecule has 1 aliphatic carbocycles. The van der Waals surface area contributed by atoms with Crippen LogP contribution in [-0.2, 0) is 14.3 Å². The number of carboxylic acids is 1. The fourth-order valence-corrected chi connectivity index (χ4v) is 4.10. The summed E-state index contributed by atoms with van der Waals surface area (Å²) in [6.07, 6.45) is 0.816. The van der Waals surface area contributed by atoms with E-state index in [2.05, 4.69) is 22.8 Å². The number of carbonyl (C=O) groups excluding carboxylic acids is 2. The van der Waals surface area contributed by atoms with Crippen LogP contribution in [0.1, 0.15) is 56.6 Å². The van der Waals surface area contributed by atoms with Crippen LogP contribution >= 0.6 is 0 Å². The molecule has 0 aliphatic heterocycles. The van der Waals surface area contributed by atoms with Gasteiger partial charge in [-0.1, -0.05) is 61.9 Å². The molecule has 2 unspecified atom stereocenters. The van der Waals surface area contributed by atoms with Crippen molar-refractivity contribution in [2.24, 2.45) is 0 Å². The summed E-state index contributed by atoms with van der Waals surface area (Å²) in [6.45, 7) is 3.85. The van der Waals surface area contributed by atoms with Gasteiger partial charge in [-0.25, -0.2) is 4.79 Å². The van der Waals surface area contributed by atoms with Gasteiger partial charge in [-0.2, -0.15) is 0 Å². The molecule has 2 amide bonds. The van der Waals surface area contributed by atoms with E-state index in [-0.39, 0.29) is 30.9 Å². The number of alkyl carbamates (subject to hydrolysis) is 1. The fraction of sp³-hybridized carbons (Fsp3) is 0.400. The molecule has 7 nitrogen and oxygen atoms in total. The predicted molar refractivity (Wildman–Crippen MR) is 121 cm³/mol. The molecule has 170 valence electrons. The average molecular weight is 439 g/mol. The van der Waals surface area contributed by atoms with Crippen molar-refractivity contribution in [1.29, 1.82) is 0 Å². The number of ether oxygens (including phenoxy) is 1. The van der Waals surface area contributed by atoms with Crippen LogP contribution in [0.4, 0.5) is 4.79 Å². The lowest BCUT2D eigenvalue weighted by molar-refractivity contribution is -0.137. The molecule has 0 radical (unpaired) electrons. The Morgan fingerprint density at radius 3 is 2.12 bits per heavy atom. The summed E-state index contributed by atoms with van der Waals surface area (Å²) in [6, 6.07) is 15.2. The van der Waals surface area contributed by atoms with Crippen LogP contribution in [0.25, 0.3) is 11.1 Å². The fourth-order valence-electron chi connectivity index (χ4n) is 4.10. The number of rotatable bonds is 10. The van der Waals surface area contributed by atoms with Gasteiger partial charge in [0, 0.05) is 18.4 Å². The van der Waals surface area contributed by atoms with Crippen LogP contribution in [0.15, 0.2) is 48.5 Å². The number of hydrogen-bond donors (Lipinski definition) is 3. The number of carbonyl (C=O) groups is 3. The predicted octanol–water partition coefficient (Wildman–Crippen LogP) is 4.06.